The van der Waals surface area contributed by atoms with Gasteiger partial charge in [0, 0.05) is 34.5 Å². The second-order valence-electron chi connectivity index (χ2n) is 5.87. The second kappa shape index (κ2) is 6.76. The smallest absolute Gasteiger partial charge is 0.225 e. The van der Waals surface area contributed by atoms with Gasteiger partial charge in [0.1, 0.15) is 11.6 Å². The monoisotopic (exact) mass is 399 g/mol. The molecule has 0 aliphatic heterocycles. The molecule has 1 aliphatic carbocycles. The van der Waals surface area contributed by atoms with Crippen LogP contribution in [0.5, 0.6) is 0 Å². The van der Waals surface area contributed by atoms with Gasteiger partial charge in [0.15, 0.2) is 0 Å². The van der Waals surface area contributed by atoms with Crippen molar-refractivity contribution >= 4 is 33.4 Å². The molecular formula is C18H15BrFN5. The number of benzene rings is 1. The van der Waals surface area contributed by atoms with Crippen LogP contribution in [0.25, 0.3) is 11.3 Å². The molecule has 0 amide bonds. The maximum absolute atomic E-state index is 13.3. The maximum Gasteiger partial charge on any atom is 0.225 e. The molecule has 5 nitrogen and oxygen atoms in total. The molecule has 2 aromatic heterocycles. The Labute approximate surface area is 152 Å². The minimum atomic E-state index is -0.298. The van der Waals surface area contributed by atoms with Gasteiger partial charge in [0.25, 0.3) is 0 Å². The highest BCUT2D eigenvalue weighted by atomic mass is 79.9. The molecule has 0 saturated heterocycles. The predicted molar refractivity (Wildman–Crippen MR) is 99.3 cm³/mol. The van der Waals surface area contributed by atoms with E-state index >= 15 is 0 Å². The number of hydrogen-bond donors (Lipinski definition) is 2. The largest absolute Gasteiger partial charge is 0.351 e. The van der Waals surface area contributed by atoms with Gasteiger partial charge >= 0.3 is 0 Å². The summed E-state index contributed by atoms with van der Waals surface area (Å²) < 4.78 is 13.9. The molecule has 25 heavy (non-hydrogen) atoms. The van der Waals surface area contributed by atoms with Crippen molar-refractivity contribution in [3.63, 3.8) is 0 Å². The molecule has 2 N–H and O–H groups in total. The Bertz CT molecular complexity index is 899. The van der Waals surface area contributed by atoms with Gasteiger partial charge in [-0.25, -0.2) is 9.37 Å². The molecule has 1 aromatic carbocycles. The van der Waals surface area contributed by atoms with Gasteiger partial charge < -0.3 is 10.6 Å². The van der Waals surface area contributed by atoms with Crippen LogP contribution >= 0.6 is 15.9 Å². The van der Waals surface area contributed by atoms with E-state index in [1.165, 1.54) is 12.1 Å². The van der Waals surface area contributed by atoms with Crippen LogP contribution in [-0.2, 0) is 0 Å². The van der Waals surface area contributed by atoms with Crippen molar-refractivity contribution in [3.8, 4) is 11.3 Å². The molecule has 126 valence electrons. The van der Waals surface area contributed by atoms with Gasteiger partial charge in [-0.15, -0.1) is 0 Å². The molecule has 0 bridgehead atoms. The summed E-state index contributed by atoms with van der Waals surface area (Å²) in [6.45, 7) is 0. The van der Waals surface area contributed by atoms with Crippen molar-refractivity contribution in [1.29, 1.82) is 0 Å². The lowest BCUT2D eigenvalue weighted by atomic mass is 10.2. The van der Waals surface area contributed by atoms with Crippen LogP contribution in [0.4, 0.5) is 21.8 Å². The number of nitrogens with one attached hydrogen (secondary N) is 2. The van der Waals surface area contributed by atoms with Crippen molar-refractivity contribution < 1.29 is 4.39 Å². The lowest BCUT2D eigenvalue weighted by Gasteiger charge is -2.12. The number of nitrogens with zero attached hydrogens (tertiary/aromatic N) is 3. The molecule has 0 spiro atoms. The first kappa shape index (κ1) is 16.0. The zero-order valence-electron chi connectivity index (χ0n) is 13.2. The zero-order chi connectivity index (χ0) is 17.2. The zero-order valence-corrected chi connectivity index (χ0v) is 14.8. The quantitative estimate of drug-likeness (QED) is 0.647. The van der Waals surface area contributed by atoms with E-state index in [1.807, 2.05) is 18.2 Å². The van der Waals surface area contributed by atoms with Crippen LogP contribution in [0.15, 0.2) is 53.3 Å². The molecular weight excluding hydrogens is 385 g/mol. The van der Waals surface area contributed by atoms with Gasteiger partial charge in [-0.3, -0.25) is 4.98 Å². The second-order valence-corrected chi connectivity index (χ2v) is 6.72. The van der Waals surface area contributed by atoms with Gasteiger partial charge in [-0.05, 0) is 59.1 Å². The Morgan fingerprint density at radius 3 is 2.56 bits per heavy atom. The number of halogens is 2. The Morgan fingerprint density at radius 1 is 1.04 bits per heavy atom. The van der Waals surface area contributed by atoms with Gasteiger partial charge in [0.2, 0.25) is 5.95 Å². The van der Waals surface area contributed by atoms with Gasteiger partial charge in [-0.2, -0.15) is 4.98 Å². The lowest BCUT2D eigenvalue weighted by Crippen LogP contribution is -2.08. The fraction of sp³-hybridized carbons (Fsp3) is 0.167. The van der Waals surface area contributed by atoms with Crippen LogP contribution in [0.3, 0.4) is 0 Å². The first-order chi connectivity index (χ1) is 12.2. The molecule has 1 fully saturated rings. The average Bonchev–Trinajstić information content (AvgIpc) is 3.42. The Morgan fingerprint density at radius 2 is 1.84 bits per heavy atom. The molecule has 1 aliphatic rings. The fourth-order valence-corrected chi connectivity index (χ4v) is 2.84. The van der Waals surface area contributed by atoms with Crippen molar-refractivity contribution in [1.82, 2.24) is 15.0 Å². The number of hydrogen-bond acceptors (Lipinski definition) is 5. The summed E-state index contributed by atoms with van der Waals surface area (Å²) in [6.07, 6.45) is 5.73. The molecule has 4 rings (SSSR count). The summed E-state index contributed by atoms with van der Waals surface area (Å²) in [5, 5.41) is 6.55. The Kier molecular flexibility index (Phi) is 4.31. The molecule has 1 saturated carbocycles. The van der Waals surface area contributed by atoms with Crippen molar-refractivity contribution in [3.05, 3.63) is 59.1 Å². The van der Waals surface area contributed by atoms with E-state index in [-0.39, 0.29) is 5.82 Å². The summed E-state index contributed by atoms with van der Waals surface area (Å²) >= 11 is 3.37. The first-order valence-corrected chi connectivity index (χ1v) is 8.75. The topological polar surface area (TPSA) is 62.7 Å². The van der Waals surface area contributed by atoms with Crippen LogP contribution in [0, 0.1) is 5.82 Å². The van der Waals surface area contributed by atoms with Crippen LogP contribution in [-0.4, -0.2) is 21.0 Å². The highest BCUT2D eigenvalue weighted by Crippen LogP contribution is 2.29. The Hall–Kier alpha value is -2.54. The molecule has 2 heterocycles. The number of aromatic nitrogens is 3. The van der Waals surface area contributed by atoms with E-state index in [9.17, 15) is 4.39 Å². The SMILES string of the molecule is Fc1ccc(Nc2cc(-c3ccncc3)nc(NC3CC3)n2)c(Br)c1. The van der Waals surface area contributed by atoms with E-state index in [1.54, 1.807) is 18.5 Å². The number of rotatable bonds is 5. The van der Waals surface area contributed by atoms with Crippen molar-refractivity contribution in [2.24, 2.45) is 0 Å². The van der Waals surface area contributed by atoms with Crippen molar-refractivity contribution in [2.45, 2.75) is 18.9 Å². The average molecular weight is 400 g/mol. The fourth-order valence-electron chi connectivity index (χ4n) is 2.39. The van der Waals surface area contributed by atoms with E-state index in [0.29, 0.717) is 22.3 Å². The predicted octanol–water partition coefficient (Wildman–Crippen LogP) is 4.76. The third kappa shape index (κ3) is 3.93. The standard InChI is InChI=1S/C18H15BrFN5/c19-14-9-12(20)1-4-15(14)23-17-10-16(11-5-7-21-8-6-11)24-18(25-17)22-13-2-3-13/h1,4-10,13H,2-3H2,(H2,22,23,24,25). The number of pyridine rings is 1. The highest BCUT2D eigenvalue weighted by molar-refractivity contribution is 9.10. The van der Waals surface area contributed by atoms with E-state index in [2.05, 4.69) is 41.5 Å². The van der Waals surface area contributed by atoms with Crippen LogP contribution < -0.4 is 10.6 Å². The van der Waals surface area contributed by atoms with Crippen molar-refractivity contribution in [2.75, 3.05) is 10.6 Å². The minimum Gasteiger partial charge on any atom is -0.351 e. The van der Waals surface area contributed by atoms with E-state index < -0.39 is 0 Å². The molecule has 3 aromatic rings. The number of anilines is 3. The summed E-state index contributed by atoms with van der Waals surface area (Å²) in [5.41, 5.74) is 2.48. The molecule has 0 radical (unpaired) electrons. The highest BCUT2D eigenvalue weighted by Gasteiger charge is 2.22. The third-order valence-corrected chi connectivity index (χ3v) is 4.46. The van der Waals surface area contributed by atoms with Gasteiger partial charge in [-0.1, -0.05) is 0 Å². The minimum absolute atomic E-state index is 0.298. The maximum atomic E-state index is 13.3. The lowest BCUT2D eigenvalue weighted by molar-refractivity contribution is 0.627. The molecule has 7 heteroatoms. The third-order valence-electron chi connectivity index (χ3n) is 3.81. The van der Waals surface area contributed by atoms with E-state index in [0.717, 1.165) is 29.8 Å². The van der Waals surface area contributed by atoms with Crippen LogP contribution in [0.1, 0.15) is 12.8 Å². The molecule has 0 atom stereocenters. The molecule has 0 unspecified atom stereocenters. The first-order valence-electron chi connectivity index (χ1n) is 7.95. The van der Waals surface area contributed by atoms with Crippen LogP contribution in [0.2, 0.25) is 0 Å². The van der Waals surface area contributed by atoms with E-state index in [4.69, 9.17) is 0 Å². The summed E-state index contributed by atoms with van der Waals surface area (Å²) in [5.74, 6) is 0.920. The summed E-state index contributed by atoms with van der Waals surface area (Å²) in [6, 6.07) is 10.6. The summed E-state index contributed by atoms with van der Waals surface area (Å²) in [4.78, 5) is 13.2. The normalized spacial score (nSPS) is 13.5. The van der Waals surface area contributed by atoms with Gasteiger partial charge in [0.05, 0.1) is 11.4 Å². The summed E-state index contributed by atoms with van der Waals surface area (Å²) in [7, 11) is 0. The Balaban J connectivity index is 1.70.